The van der Waals surface area contributed by atoms with Crippen LogP contribution in [0.5, 0.6) is 0 Å². The second-order valence-electron chi connectivity index (χ2n) is 4.83. The summed E-state index contributed by atoms with van der Waals surface area (Å²) in [5.41, 5.74) is -0.893. The fraction of sp³-hybridized carbons (Fsp3) is 0.727. The van der Waals surface area contributed by atoms with E-state index in [1.807, 2.05) is 0 Å². The average Bonchev–Trinajstić information content (AvgIpc) is 2.92. The summed E-state index contributed by atoms with van der Waals surface area (Å²) >= 11 is 0. The predicted molar refractivity (Wildman–Crippen MR) is 60.1 cm³/mol. The van der Waals surface area contributed by atoms with E-state index >= 15 is 0 Å². The number of hydrogen-bond donors (Lipinski definition) is 2. The van der Waals surface area contributed by atoms with Gasteiger partial charge in [0.2, 0.25) is 5.91 Å². The Balaban J connectivity index is 2.02. The molecule has 7 heteroatoms. The summed E-state index contributed by atoms with van der Waals surface area (Å²) in [7, 11) is 0. The van der Waals surface area contributed by atoms with Crippen molar-refractivity contribution in [1.82, 2.24) is 10.2 Å². The van der Waals surface area contributed by atoms with Crippen molar-refractivity contribution >= 4 is 17.8 Å². The Kier molecular flexibility index (Phi) is 3.25. The molecule has 0 aliphatic carbocycles. The minimum atomic E-state index is -1.27. The van der Waals surface area contributed by atoms with Gasteiger partial charge in [-0.05, 0) is 13.3 Å². The van der Waals surface area contributed by atoms with E-state index in [4.69, 9.17) is 9.84 Å². The number of ketones is 1. The van der Waals surface area contributed by atoms with Gasteiger partial charge in [-0.15, -0.1) is 0 Å². The first-order valence-corrected chi connectivity index (χ1v) is 5.88. The quantitative estimate of drug-likeness (QED) is 0.652. The van der Waals surface area contributed by atoms with Crippen LogP contribution in [0.3, 0.4) is 0 Å². The van der Waals surface area contributed by atoms with Crippen LogP contribution in [0.25, 0.3) is 0 Å². The van der Waals surface area contributed by atoms with Gasteiger partial charge in [-0.2, -0.15) is 0 Å². The molecule has 2 rings (SSSR count). The zero-order chi connectivity index (χ0) is 13.3. The molecular formula is C11H16N2O5. The maximum absolute atomic E-state index is 12.1. The number of carboxylic acid groups (broad SMARTS) is 1. The number of nitrogens with one attached hydrogen (secondary N) is 1. The molecule has 2 fully saturated rings. The standard InChI is InChI=1S/C11H16N2O5/c1-11(6-18-11)9(15)7(12-10(16)17)5-13-4-2-3-8(13)14/h7,12H,2-6H2,1H3,(H,16,17). The Morgan fingerprint density at radius 3 is 2.72 bits per heavy atom. The molecule has 0 aromatic rings. The molecule has 18 heavy (non-hydrogen) atoms. The van der Waals surface area contributed by atoms with Crippen molar-refractivity contribution in [3.05, 3.63) is 0 Å². The molecule has 7 nitrogen and oxygen atoms in total. The third-order valence-electron chi connectivity index (χ3n) is 3.29. The van der Waals surface area contributed by atoms with Crippen LogP contribution < -0.4 is 5.32 Å². The van der Waals surface area contributed by atoms with Crippen molar-refractivity contribution in [3.8, 4) is 0 Å². The molecule has 0 radical (unpaired) electrons. The average molecular weight is 256 g/mol. The van der Waals surface area contributed by atoms with Crippen LogP contribution in [0.4, 0.5) is 4.79 Å². The molecule has 2 N–H and O–H groups in total. The van der Waals surface area contributed by atoms with Gasteiger partial charge in [-0.3, -0.25) is 9.59 Å². The first-order chi connectivity index (χ1) is 8.42. The lowest BCUT2D eigenvalue weighted by Gasteiger charge is -2.23. The Bertz CT molecular complexity index is 391. The van der Waals surface area contributed by atoms with Gasteiger partial charge in [0.1, 0.15) is 11.6 Å². The highest BCUT2D eigenvalue weighted by Gasteiger charge is 2.50. The lowest BCUT2D eigenvalue weighted by atomic mass is 10.0. The lowest BCUT2D eigenvalue weighted by molar-refractivity contribution is -0.130. The van der Waals surface area contributed by atoms with E-state index in [1.165, 1.54) is 4.90 Å². The molecule has 2 unspecified atom stereocenters. The molecule has 2 heterocycles. The van der Waals surface area contributed by atoms with Crippen molar-refractivity contribution in [2.75, 3.05) is 19.7 Å². The highest BCUT2D eigenvalue weighted by atomic mass is 16.6. The summed E-state index contributed by atoms with van der Waals surface area (Å²) in [4.78, 5) is 35.8. The van der Waals surface area contributed by atoms with Gasteiger partial charge in [-0.1, -0.05) is 0 Å². The van der Waals surface area contributed by atoms with E-state index in [9.17, 15) is 14.4 Å². The maximum Gasteiger partial charge on any atom is 0.405 e. The van der Waals surface area contributed by atoms with E-state index in [0.717, 1.165) is 6.42 Å². The summed E-state index contributed by atoms with van der Waals surface area (Å²) in [6, 6.07) is -0.919. The topological polar surface area (TPSA) is 99.2 Å². The van der Waals surface area contributed by atoms with Crippen molar-refractivity contribution in [3.63, 3.8) is 0 Å². The molecule has 2 atom stereocenters. The van der Waals surface area contributed by atoms with Crippen LogP contribution in [0.1, 0.15) is 19.8 Å². The molecule has 0 saturated carbocycles. The first kappa shape index (κ1) is 12.8. The summed E-state index contributed by atoms with van der Waals surface area (Å²) in [6.45, 7) is 2.58. The third-order valence-corrected chi connectivity index (χ3v) is 3.29. The number of Topliss-reactive ketones (excluding diaryl/α,β-unsaturated/α-hetero) is 1. The maximum atomic E-state index is 12.1. The van der Waals surface area contributed by atoms with Crippen LogP contribution in [-0.4, -0.2) is 59.1 Å². The molecule has 2 saturated heterocycles. The second-order valence-corrected chi connectivity index (χ2v) is 4.83. The Hall–Kier alpha value is -1.63. The van der Waals surface area contributed by atoms with Crippen molar-refractivity contribution in [1.29, 1.82) is 0 Å². The number of likely N-dealkylation sites (tertiary alicyclic amines) is 1. The Labute approximate surface area is 104 Å². The normalized spacial score (nSPS) is 28.1. The summed E-state index contributed by atoms with van der Waals surface area (Å²) in [5, 5.41) is 10.9. The van der Waals surface area contributed by atoms with Gasteiger partial charge in [0.15, 0.2) is 5.78 Å². The van der Waals surface area contributed by atoms with Gasteiger partial charge >= 0.3 is 6.09 Å². The smallest absolute Gasteiger partial charge is 0.405 e. The zero-order valence-electron chi connectivity index (χ0n) is 10.1. The molecule has 2 amide bonds. The first-order valence-electron chi connectivity index (χ1n) is 5.88. The van der Waals surface area contributed by atoms with Crippen LogP contribution in [0.15, 0.2) is 0 Å². The molecule has 2 aliphatic heterocycles. The zero-order valence-corrected chi connectivity index (χ0v) is 10.1. The van der Waals surface area contributed by atoms with E-state index in [2.05, 4.69) is 5.32 Å². The number of hydrogen-bond acceptors (Lipinski definition) is 4. The van der Waals surface area contributed by atoms with Gasteiger partial charge in [0.05, 0.1) is 6.61 Å². The number of epoxide rings is 1. The van der Waals surface area contributed by atoms with E-state index in [0.29, 0.717) is 19.6 Å². The SMILES string of the molecule is CC1(C(=O)C(CN2CCCC2=O)NC(=O)O)CO1. The van der Waals surface area contributed by atoms with Crippen molar-refractivity contribution in [2.24, 2.45) is 0 Å². The summed E-state index contributed by atoms with van der Waals surface area (Å²) < 4.78 is 5.03. The van der Waals surface area contributed by atoms with Crippen molar-refractivity contribution < 1.29 is 24.2 Å². The highest BCUT2D eigenvalue weighted by Crippen LogP contribution is 2.28. The minimum Gasteiger partial charge on any atom is -0.465 e. The number of amides is 2. The number of nitrogens with zero attached hydrogens (tertiary/aromatic N) is 1. The van der Waals surface area contributed by atoms with Gasteiger partial charge in [0.25, 0.3) is 0 Å². The largest absolute Gasteiger partial charge is 0.465 e. The molecule has 0 spiro atoms. The number of carbonyl (C=O) groups is 3. The fourth-order valence-electron chi connectivity index (χ4n) is 2.08. The lowest BCUT2D eigenvalue weighted by Crippen LogP contribution is -2.52. The monoisotopic (exact) mass is 256 g/mol. The van der Waals surface area contributed by atoms with Crippen molar-refractivity contribution in [2.45, 2.75) is 31.4 Å². The Morgan fingerprint density at radius 2 is 2.28 bits per heavy atom. The third kappa shape index (κ3) is 2.61. The van der Waals surface area contributed by atoms with Gasteiger partial charge in [0, 0.05) is 19.5 Å². The number of rotatable bonds is 5. The highest BCUT2D eigenvalue weighted by molar-refractivity contribution is 5.96. The van der Waals surface area contributed by atoms with Gasteiger partial charge < -0.3 is 20.1 Å². The van der Waals surface area contributed by atoms with Crippen LogP contribution in [-0.2, 0) is 14.3 Å². The van der Waals surface area contributed by atoms with Gasteiger partial charge in [-0.25, -0.2) is 4.79 Å². The Morgan fingerprint density at radius 1 is 1.61 bits per heavy atom. The molecule has 0 aromatic heterocycles. The molecule has 0 bridgehead atoms. The molecular weight excluding hydrogens is 240 g/mol. The van der Waals surface area contributed by atoms with Crippen LogP contribution in [0, 0.1) is 0 Å². The van der Waals surface area contributed by atoms with E-state index in [-0.39, 0.29) is 18.2 Å². The number of ether oxygens (including phenoxy) is 1. The van der Waals surface area contributed by atoms with E-state index < -0.39 is 17.7 Å². The fourth-order valence-corrected chi connectivity index (χ4v) is 2.08. The second kappa shape index (κ2) is 4.56. The van der Waals surface area contributed by atoms with E-state index in [1.54, 1.807) is 6.92 Å². The molecule has 2 aliphatic rings. The molecule has 100 valence electrons. The van der Waals surface area contributed by atoms with Crippen LogP contribution >= 0.6 is 0 Å². The summed E-state index contributed by atoms with van der Waals surface area (Å²) in [5.74, 6) is -0.355. The minimum absolute atomic E-state index is 0.0399. The predicted octanol–water partition coefficient (Wildman–Crippen LogP) is -0.397. The van der Waals surface area contributed by atoms with Crippen LogP contribution in [0.2, 0.25) is 0 Å². The number of carbonyl (C=O) groups excluding carboxylic acids is 2. The summed E-state index contributed by atoms with van der Waals surface area (Å²) in [6.07, 6.45) is -0.0632. The molecule has 0 aromatic carbocycles.